The maximum absolute atomic E-state index is 4.38. The van der Waals surface area contributed by atoms with Crippen LogP contribution in [0, 0.1) is 10.8 Å². The van der Waals surface area contributed by atoms with Crippen molar-refractivity contribution in [1.29, 1.82) is 0 Å². The van der Waals surface area contributed by atoms with Crippen LogP contribution in [0.2, 0.25) is 0 Å². The summed E-state index contributed by atoms with van der Waals surface area (Å²) in [6.07, 6.45) is 5.82. The van der Waals surface area contributed by atoms with Gasteiger partial charge in [-0.15, -0.1) is 0 Å². The first kappa shape index (κ1) is 11.7. The Morgan fingerprint density at radius 2 is 1.94 bits per heavy atom. The molecule has 1 aromatic heterocycles. The van der Waals surface area contributed by atoms with Crippen molar-refractivity contribution >= 4 is 10.9 Å². The van der Waals surface area contributed by atoms with Gasteiger partial charge in [-0.05, 0) is 53.9 Å². The number of aromatic nitrogens is 1. The summed E-state index contributed by atoms with van der Waals surface area (Å²) in [4.78, 5) is 4.38. The summed E-state index contributed by atoms with van der Waals surface area (Å²) in [5.74, 6) is 0. The van der Waals surface area contributed by atoms with E-state index in [4.69, 9.17) is 0 Å². The molecular weight excluding hydrogens is 218 g/mol. The minimum absolute atomic E-state index is 0.414. The van der Waals surface area contributed by atoms with E-state index >= 15 is 0 Å². The SMILES string of the molecule is CC(C)(C)C1(Cc2ccc3ncccc3c2)CC1. The second kappa shape index (κ2) is 3.81. The van der Waals surface area contributed by atoms with Gasteiger partial charge in [-0.3, -0.25) is 4.98 Å². The van der Waals surface area contributed by atoms with Crippen molar-refractivity contribution in [2.75, 3.05) is 0 Å². The molecule has 1 heterocycles. The first-order valence-corrected chi connectivity index (χ1v) is 6.84. The summed E-state index contributed by atoms with van der Waals surface area (Å²) in [5.41, 5.74) is 3.50. The minimum atomic E-state index is 0.414. The molecule has 0 radical (unpaired) electrons. The van der Waals surface area contributed by atoms with E-state index in [0.717, 1.165) is 5.52 Å². The Labute approximate surface area is 109 Å². The lowest BCUT2D eigenvalue weighted by atomic mass is 9.74. The van der Waals surface area contributed by atoms with Crippen LogP contribution in [-0.4, -0.2) is 4.98 Å². The zero-order valence-corrected chi connectivity index (χ0v) is 11.5. The number of fused-ring (bicyclic) bond motifs is 1. The number of nitrogens with zero attached hydrogens (tertiary/aromatic N) is 1. The molecule has 1 saturated carbocycles. The van der Waals surface area contributed by atoms with Crippen molar-refractivity contribution in [1.82, 2.24) is 4.98 Å². The molecule has 0 unspecified atom stereocenters. The van der Waals surface area contributed by atoms with Crippen LogP contribution in [0.5, 0.6) is 0 Å². The Kier molecular flexibility index (Phi) is 2.48. The van der Waals surface area contributed by atoms with E-state index in [1.54, 1.807) is 0 Å². The normalized spacial score (nSPS) is 17.9. The average Bonchev–Trinajstić information content (AvgIpc) is 3.09. The van der Waals surface area contributed by atoms with Crippen LogP contribution in [0.15, 0.2) is 36.5 Å². The van der Waals surface area contributed by atoms with Crippen LogP contribution in [-0.2, 0) is 6.42 Å². The van der Waals surface area contributed by atoms with Crippen molar-refractivity contribution in [2.24, 2.45) is 10.8 Å². The summed E-state index contributed by atoms with van der Waals surface area (Å²) in [7, 11) is 0. The van der Waals surface area contributed by atoms with Gasteiger partial charge in [0.2, 0.25) is 0 Å². The largest absolute Gasteiger partial charge is 0.256 e. The molecule has 1 aliphatic carbocycles. The van der Waals surface area contributed by atoms with Crippen molar-refractivity contribution in [3.63, 3.8) is 0 Å². The average molecular weight is 239 g/mol. The smallest absolute Gasteiger partial charge is 0.0702 e. The molecule has 0 spiro atoms. The molecule has 0 bridgehead atoms. The lowest BCUT2D eigenvalue weighted by Gasteiger charge is -2.31. The van der Waals surface area contributed by atoms with E-state index in [9.17, 15) is 0 Å². The Bertz CT molecular complexity index is 573. The number of hydrogen-bond donors (Lipinski definition) is 0. The fourth-order valence-electron chi connectivity index (χ4n) is 2.97. The standard InChI is InChI=1S/C17H21N/c1-16(2,3)17(8-9-17)12-13-6-7-15-14(11-13)5-4-10-18-15/h4-7,10-11H,8-9,12H2,1-3H3. The molecule has 0 amide bonds. The van der Waals surface area contributed by atoms with Gasteiger partial charge in [0.1, 0.15) is 0 Å². The lowest BCUT2D eigenvalue weighted by Crippen LogP contribution is -2.24. The van der Waals surface area contributed by atoms with Crippen LogP contribution >= 0.6 is 0 Å². The Hall–Kier alpha value is -1.37. The molecule has 2 aromatic rings. The Balaban J connectivity index is 1.92. The monoisotopic (exact) mass is 239 g/mol. The summed E-state index contributed by atoms with van der Waals surface area (Å²) in [6, 6.07) is 10.9. The summed E-state index contributed by atoms with van der Waals surface area (Å²) < 4.78 is 0. The fourth-order valence-corrected chi connectivity index (χ4v) is 2.97. The predicted octanol–water partition coefficient (Wildman–Crippen LogP) is 4.60. The van der Waals surface area contributed by atoms with Crippen molar-refractivity contribution in [3.8, 4) is 0 Å². The fraction of sp³-hybridized carbons (Fsp3) is 0.471. The van der Waals surface area contributed by atoms with E-state index < -0.39 is 0 Å². The van der Waals surface area contributed by atoms with E-state index in [0.29, 0.717) is 10.8 Å². The molecule has 1 heteroatoms. The van der Waals surface area contributed by atoms with Crippen molar-refractivity contribution in [2.45, 2.75) is 40.0 Å². The van der Waals surface area contributed by atoms with Crippen LogP contribution < -0.4 is 0 Å². The molecule has 1 nitrogen and oxygen atoms in total. The highest BCUT2D eigenvalue weighted by atomic mass is 14.6. The summed E-state index contributed by atoms with van der Waals surface area (Å²) in [5, 5.41) is 1.26. The first-order valence-electron chi connectivity index (χ1n) is 6.84. The van der Waals surface area contributed by atoms with Gasteiger partial charge in [-0.25, -0.2) is 0 Å². The maximum atomic E-state index is 4.38. The molecular formula is C17H21N. The van der Waals surface area contributed by atoms with E-state index in [1.165, 1.54) is 30.2 Å². The van der Waals surface area contributed by atoms with Gasteiger partial charge in [0.05, 0.1) is 5.52 Å². The minimum Gasteiger partial charge on any atom is -0.256 e. The van der Waals surface area contributed by atoms with Gasteiger partial charge >= 0.3 is 0 Å². The van der Waals surface area contributed by atoms with E-state index in [2.05, 4.69) is 50.0 Å². The van der Waals surface area contributed by atoms with Crippen LogP contribution in [0.1, 0.15) is 39.2 Å². The second-order valence-electron chi connectivity index (χ2n) is 6.74. The molecule has 0 aliphatic heterocycles. The predicted molar refractivity (Wildman–Crippen MR) is 76.6 cm³/mol. The highest BCUT2D eigenvalue weighted by Gasteiger charge is 2.51. The topological polar surface area (TPSA) is 12.9 Å². The van der Waals surface area contributed by atoms with Crippen LogP contribution in [0.3, 0.4) is 0 Å². The molecule has 18 heavy (non-hydrogen) atoms. The first-order chi connectivity index (χ1) is 8.50. The third-order valence-corrected chi connectivity index (χ3v) is 4.65. The van der Waals surface area contributed by atoms with Crippen molar-refractivity contribution < 1.29 is 0 Å². The van der Waals surface area contributed by atoms with Crippen LogP contribution in [0.4, 0.5) is 0 Å². The quantitative estimate of drug-likeness (QED) is 0.746. The zero-order valence-electron chi connectivity index (χ0n) is 11.5. The molecule has 0 N–H and O–H groups in total. The maximum Gasteiger partial charge on any atom is 0.0702 e. The second-order valence-corrected chi connectivity index (χ2v) is 6.74. The third kappa shape index (κ3) is 1.92. The molecule has 1 aromatic carbocycles. The lowest BCUT2D eigenvalue weighted by molar-refractivity contribution is 0.212. The summed E-state index contributed by atoms with van der Waals surface area (Å²) in [6.45, 7) is 7.13. The Morgan fingerprint density at radius 3 is 2.61 bits per heavy atom. The van der Waals surface area contributed by atoms with Gasteiger partial charge in [0, 0.05) is 11.6 Å². The summed E-state index contributed by atoms with van der Waals surface area (Å²) >= 11 is 0. The van der Waals surface area contributed by atoms with Crippen molar-refractivity contribution in [3.05, 3.63) is 42.1 Å². The number of benzene rings is 1. The van der Waals surface area contributed by atoms with Crippen LogP contribution in [0.25, 0.3) is 10.9 Å². The van der Waals surface area contributed by atoms with Gasteiger partial charge in [-0.1, -0.05) is 32.9 Å². The molecule has 1 aliphatic rings. The molecule has 0 saturated heterocycles. The van der Waals surface area contributed by atoms with E-state index in [-0.39, 0.29) is 0 Å². The molecule has 1 fully saturated rings. The van der Waals surface area contributed by atoms with Gasteiger partial charge in [-0.2, -0.15) is 0 Å². The third-order valence-electron chi connectivity index (χ3n) is 4.65. The zero-order chi connectivity index (χ0) is 12.8. The van der Waals surface area contributed by atoms with Gasteiger partial charge in [0.15, 0.2) is 0 Å². The number of rotatable bonds is 2. The molecule has 3 rings (SSSR count). The number of pyridine rings is 1. The highest BCUT2D eigenvalue weighted by molar-refractivity contribution is 5.78. The molecule has 0 atom stereocenters. The van der Waals surface area contributed by atoms with E-state index in [1.807, 2.05) is 12.3 Å². The number of hydrogen-bond acceptors (Lipinski definition) is 1. The van der Waals surface area contributed by atoms with Gasteiger partial charge < -0.3 is 0 Å². The van der Waals surface area contributed by atoms with Gasteiger partial charge in [0.25, 0.3) is 0 Å². The highest BCUT2D eigenvalue weighted by Crippen LogP contribution is 2.60. The molecule has 94 valence electrons. The Morgan fingerprint density at radius 1 is 1.17 bits per heavy atom.